The van der Waals surface area contributed by atoms with E-state index in [1.165, 1.54) is 0 Å². The van der Waals surface area contributed by atoms with Crippen LogP contribution in [0.5, 0.6) is 0 Å². The summed E-state index contributed by atoms with van der Waals surface area (Å²) in [4.78, 5) is 0. The molecule has 0 saturated carbocycles. The van der Waals surface area contributed by atoms with Gasteiger partial charge in [0.25, 0.3) is 0 Å². The molecule has 100 valence electrons. The minimum atomic E-state index is -0.657. The number of aliphatic hydroxyl groups is 1. The van der Waals surface area contributed by atoms with Gasteiger partial charge in [0, 0.05) is 33.4 Å². The summed E-state index contributed by atoms with van der Waals surface area (Å²) in [5.74, 6) is 0.285. The summed E-state index contributed by atoms with van der Waals surface area (Å²) in [7, 11) is 1.67. The predicted octanol–water partition coefficient (Wildman–Crippen LogP) is 1.36. The van der Waals surface area contributed by atoms with Crippen molar-refractivity contribution in [2.24, 2.45) is 5.92 Å². The Morgan fingerprint density at radius 2 is 2.29 bits per heavy atom. The zero-order valence-electron chi connectivity index (χ0n) is 10.9. The average molecular weight is 244 g/mol. The highest BCUT2D eigenvalue weighted by Crippen LogP contribution is 2.41. The molecule has 4 heteroatoms. The van der Waals surface area contributed by atoms with Crippen LogP contribution in [0.3, 0.4) is 0 Å². The van der Waals surface area contributed by atoms with E-state index in [1.807, 2.05) is 6.92 Å². The van der Waals surface area contributed by atoms with Crippen LogP contribution < -0.4 is 0 Å². The monoisotopic (exact) mass is 244 g/mol. The van der Waals surface area contributed by atoms with Gasteiger partial charge in [-0.25, -0.2) is 0 Å². The number of hydrogen-bond acceptors (Lipinski definition) is 4. The maximum Gasteiger partial charge on any atom is 0.0940 e. The van der Waals surface area contributed by atoms with Crippen LogP contribution in [0.25, 0.3) is 0 Å². The first-order valence-electron chi connectivity index (χ1n) is 6.51. The van der Waals surface area contributed by atoms with Crippen LogP contribution in [0.1, 0.15) is 32.6 Å². The Morgan fingerprint density at radius 1 is 1.47 bits per heavy atom. The lowest BCUT2D eigenvalue weighted by molar-refractivity contribution is -0.142. The molecule has 0 radical (unpaired) electrons. The molecule has 2 rings (SSSR count). The molecule has 2 heterocycles. The molecule has 4 nitrogen and oxygen atoms in total. The van der Waals surface area contributed by atoms with Crippen molar-refractivity contribution in [3.8, 4) is 0 Å². The number of hydrogen-bond donors (Lipinski definition) is 1. The normalized spacial score (nSPS) is 37.2. The molecular weight excluding hydrogens is 220 g/mol. The van der Waals surface area contributed by atoms with Crippen LogP contribution in [-0.2, 0) is 14.2 Å². The first kappa shape index (κ1) is 13.3. The van der Waals surface area contributed by atoms with Gasteiger partial charge in [0.2, 0.25) is 0 Å². The van der Waals surface area contributed by atoms with E-state index in [1.54, 1.807) is 7.11 Å². The van der Waals surface area contributed by atoms with Crippen LogP contribution in [0.4, 0.5) is 0 Å². The highest BCUT2D eigenvalue weighted by Gasteiger charge is 2.45. The molecule has 2 aliphatic heterocycles. The van der Waals surface area contributed by atoms with Gasteiger partial charge < -0.3 is 19.3 Å². The summed E-state index contributed by atoms with van der Waals surface area (Å²) >= 11 is 0. The van der Waals surface area contributed by atoms with Crippen molar-refractivity contribution in [2.75, 3.05) is 33.5 Å². The lowest BCUT2D eigenvalue weighted by Gasteiger charge is -2.43. The van der Waals surface area contributed by atoms with E-state index in [-0.39, 0.29) is 11.5 Å². The summed E-state index contributed by atoms with van der Waals surface area (Å²) in [5.41, 5.74) is -0.782. The molecule has 2 fully saturated rings. The second kappa shape index (κ2) is 5.22. The lowest BCUT2D eigenvalue weighted by Crippen LogP contribution is -2.48. The maximum absolute atomic E-state index is 10.5. The van der Waals surface area contributed by atoms with Crippen LogP contribution in [0.15, 0.2) is 0 Å². The first-order chi connectivity index (χ1) is 8.08. The van der Waals surface area contributed by atoms with Gasteiger partial charge >= 0.3 is 0 Å². The fourth-order valence-electron chi connectivity index (χ4n) is 2.93. The number of methoxy groups -OCH3 is 1. The summed E-state index contributed by atoms with van der Waals surface area (Å²) in [5, 5.41) is 10.5. The van der Waals surface area contributed by atoms with E-state index >= 15 is 0 Å². The van der Waals surface area contributed by atoms with Crippen molar-refractivity contribution < 1.29 is 19.3 Å². The van der Waals surface area contributed by atoms with E-state index in [0.29, 0.717) is 19.6 Å². The molecule has 1 N–H and O–H groups in total. The van der Waals surface area contributed by atoms with Crippen LogP contribution in [-0.4, -0.2) is 49.8 Å². The molecule has 0 aliphatic carbocycles. The zero-order chi connectivity index (χ0) is 12.4. The molecule has 0 aromatic heterocycles. The largest absolute Gasteiger partial charge is 0.390 e. The van der Waals surface area contributed by atoms with Gasteiger partial charge in [-0.1, -0.05) is 0 Å². The Kier molecular flexibility index (Phi) is 4.08. The molecule has 0 aromatic carbocycles. The fraction of sp³-hybridized carbons (Fsp3) is 1.00. The molecule has 0 aromatic rings. The van der Waals surface area contributed by atoms with Gasteiger partial charge in [0.1, 0.15) is 0 Å². The Balaban J connectivity index is 1.96. The van der Waals surface area contributed by atoms with Gasteiger partial charge in [-0.3, -0.25) is 0 Å². The summed E-state index contributed by atoms with van der Waals surface area (Å²) in [6, 6.07) is 0. The first-order valence-corrected chi connectivity index (χ1v) is 6.51. The van der Waals surface area contributed by atoms with Gasteiger partial charge in [0.05, 0.1) is 17.8 Å². The van der Waals surface area contributed by atoms with Gasteiger partial charge in [0.15, 0.2) is 0 Å². The third-order valence-electron chi connectivity index (χ3n) is 4.25. The second-order valence-corrected chi connectivity index (χ2v) is 5.62. The van der Waals surface area contributed by atoms with Crippen molar-refractivity contribution in [1.82, 2.24) is 0 Å². The number of ether oxygens (including phenoxy) is 3. The van der Waals surface area contributed by atoms with Crippen molar-refractivity contribution >= 4 is 0 Å². The maximum atomic E-state index is 10.5. The van der Waals surface area contributed by atoms with E-state index < -0.39 is 5.60 Å². The smallest absolute Gasteiger partial charge is 0.0940 e. The minimum Gasteiger partial charge on any atom is -0.390 e. The molecule has 1 spiro atoms. The van der Waals surface area contributed by atoms with E-state index in [9.17, 15) is 5.11 Å². The van der Waals surface area contributed by atoms with Crippen molar-refractivity contribution in [3.63, 3.8) is 0 Å². The van der Waals surface area contributed by atoms with E-state index in [2.05, 4.69) is 0 Å². The predicted molar refractivity (Wildman–Crippen MR) is 64.0 cm³/mol. The molecule has 0 amide bonds. The van der Waals surface area contributed by atoms with Crippen LogP contribution in [0.2, 0.25) is 0 Å². The van der Waals surface area contributed by atoms with Crippen molar-refractivity contribution in [1.29, 1.82) is 0 Å². The number of rotatable bonds is 4. The molecule has 2 saturated heterocycles. The van der Waals surface area contributed by atoms with E-state index in [0.717, 1.165) is 32.5 Å². The summed E-state index contributed by atoms with van der Waals surface area (Å²) < 4.78 is 16.4. The molecule has 0 bridgehead atoms. The summed E-state index contributed by atoms with van der Waals surface area (Å²) in [6.45, 7) is 4.73. The Morgan fingerprint density at radius 3 is 2.94 bits per heavy atom. The van der Waals surface area contributed by atoms with Gasteiger partial charge in [-0.05, 0) is 32.1 Å². The highest BCUT2D eigenvalue weighted by atomic mass is 16.6. The second-order valence-electron chi connectivity index (χ2n) is 5.62. The molecular formula is C13H24O4. The third-order valence-corrected chi connectivity index (χ3v) is 4.25. The van der Waals surface area contributed by atoms with Gasteiger partial charge in [-0.2, -0.15) is 0 Å². The fourth-order valence-corrected chi connectivity index (χ4v) is 2.93. The SMILES string of the molecule is COCCC(C)(O)C1CCOC2(CCOC2)C1. The van der Waals surface area contributed by atoms with Gasteiger partial charge in [-0.15, -0.1) is 0 Å². The Labute approximate surface area is 103 Å². The van der Waals surface area contributed by atoms with Crippen molar-refractivity contribution in [3.05, 3.63) is 0 Å². The standard InChI is InChI=1S/C13H24O4/c1-12(14,4-7-15-2)11-3-6-17-13(9-11)5-8-16-10-13/h11,14H,3-10H2,1-2H3. The quantitative estimate of drug-likeness (QED) is 0.811. The Hall–Kier alpha value is -0.160. The average Bonchev–Trinajstić information content (AvgIpc) is 2.75. The summed E-state index contributed by atoms with van der Waals surface area (Å²) in [6.07, 6.45) is 3.48. The molecule has 17 heavy (non-hydrogen) atoms. The van der Waals surface area contributed by atoms with Crippen LogP contribution >= 0.6 is 0 Å². The minimum absolute atomic E-state index is 0.125. The topological polar surface area (TPSA) is 47.9 Å². The lowest BCUT2D eigenvalue weighted by atomic mass is 9.75. The zero-order valence-corrected chi connectivity index (χ0v) is 10.9. The molecule has 3 unspecified atom stereocenters. The van der Waals surface area contributed by atoms with Crippen LogP contribution in [0, 0.1) is 5.92 Å². The Bertz CT molecular complexity index is 246. The van der Waals surface area contributed by atoms with E-state index in [4.69, 9.17) is 14.2 Å². The highest BCUT2D eigenvalue weighted by molar-refractivity contribution is 4.95. The molecule has 2 aliphatic rings. The molecule has 3 atom stereocenters. The third kappa shape index (κ3) is 2.99. The van der Waals surface area contributed by atoms with Crippen molar-refractivity contribution in [2.45, 2.75) is 43.8 Å².